The van der Waals surface area contributed by atoms with Crippen LogP contribution in [0.4, 0.5) is 0 Å². The molecule has 1 heterocycles. The number of hydrogen-bond acceptors (Lipinski definition) is 2. The Morgan fingerprint density at radius 3 is 2.65 bits per heavy atom. The van der Waals surface area contributed by atoms with E-state index in [1.165, 1.54) is 0 Å². The monoisotopic (exact) mass is 231 g/mol. The van der Waals surface area contributed by atoms with E-state index in [0.29, 0.717) is 6.42 Å². The first kappa shape index (κ1) is 11.9. The van der Waals surface area contributed by atoms with Crippen molar-refractivity contribution in [3.63, 3.8) is 0 Å². The molecule has 0 radical (unpaired) electrons. The molecule has 1 aromatic heterocycles. The molecule has 90 valence electrons. The van der Waals surface area contributed by atoms with Gasteiger partial charge in [-0.15, -0.1) is 0 Å². The van der Waals surface area contributed by atoms with Crippen LogP contribution in [0.2, 0.25) is 0 Å². The van der Waals surface area contributed by atoms with Crippen LogP contribution in [0.5, 0.6) is 0 Å². The van der Waals surface area contributed by atoms with Gasteiger partial charge in [-0.25, -0.2) is 0 Å². The molecule has 1 aromatic carbocycles. The molecule has 3 heteroatoms. The summed E-state index contributed by atoms with van der Waals surface area (Å²) in [4.78, 5) is 11.7. The number of fused-ring (bicyclic) bond motifs is 1. The first-order valence-corrected chi connectivity index (χ1v) is 5.80. The number of rotatable bonds is 2. The average molecular weight is 231 g/mol. The van der Waals surface area contributed by atoms with Crippen LogP contribution in [-0.2, 0) is 6.42 Å². The van der Waals surface area contributed by atoms with Crippen LogP contribution in [0.15, 0.2) is 24.3 Å². The van der Waals surface area contributed by atoms with Crippen LogP contribution in [0.1, 0.15) is 29.9 Å². The molecule has 0 bridgehead atoms. The Morgan fingerprint density at radius 2 is 2.06 bits per heavy atom. The van der Waals surface area contributed by atoms with E-state index in [1.807, 2.05) is 31.2 Å². The lowest BCUT2D eigenvalue weighted by atomic mass is 10.1. The Balaban J connectivity index is 2.75. The van der Waals surface area contributed by atoms with Crippen molar-refractivity contribution in [1.82, 2.24) is 4.57 Å². The van der Waals surface area contributed by atoms with Crippen molar-refractivity contribution in [3.8, 4) is 0 Å². The van der Waals surface area contributed by atoms with E-state index >= 15 is 0 Å². The summed E-state index contributed by atoms with van der Waals surface area (Å²) in [6.45, 7) is 5.25. The molecule has 1 unspecified atom stereocenters. The van der Waals surface area contributed by atoms with E-state index in [1.54, 1.807) is 18.4 Å². The summed E-state index contributed by atoms with van der Waals surface area (Å²) in [5, 5.41) is 10.6. The SMILES string of the molecule is CC(=O)n1c(C)c(CC(C)O)c2ccccc21. The van der Waals surface area contributed by atoms with E-state index in [4.69, 9.17) is 0 Å². The molecular weight excluding hydrogens is 214 g/mol. The van der Waals surface area contributed by atoms with Crippen molar-refractivity contribution in [2.45, 2.75) is 33.3 Å². The van der Waals surface area contributed by atoms with Gasteiger partial charge in [0.2, 0.25) is 5.91 Å². The maximum atomic E-state index is 11.7. The van der Waals surface area contributed by atoms with Crippen LogP contribution in [0, 0.1) is 6.92 Å². The minimum atomic E-state index is -0.403. The van der Waals surface area contributed by atoms with E-state index < -0.39 is 6.10 Å². The lowest BCUT2D eigenvalue weighted by Gasteiger charge is -2.05. The highest BCUT2D eigenvalue weighted by Crippen LogP contribution is 2.26. The minimum absolute atomic E-state index is 0.00976. The average Bonchev–Trinajstić information content (AvgIpc) is 2.52. The largest absolute Gasteiger partial charge is 0.393 e. The fourth-order valence-electron chi connectivity index (χ4n) is 2.39. The molecule has 0 saturated carbocycles. The van der Waals surface area contributed by atoms with Gasteiger partial charge in [0.25, 0.3) is 0 Å². The van der Waals surface area contributed by atoms with Crippen molar-refractivity contribution < 1.29 is 9.90 Å². The molecule has 1 atom stereocenters. The Hall–Kier alpha value is -1.61. The smallest absolute Gasteiger partial charge is 0.228 e. The highest BCUT2D eigenvalue weighted by Gasteiger charge is 2.16. The molecule has 0 saturated heterocycles. The van der Waals surface area contributed by atoms with Gasteiger partial charge in [0.05, 0.1) is 11.6 Å². The Kier molecular flexibility index (Phi) is 3.03. The molecule has 17 heavy (non-hydrogen) atoms. The summed E-state index contributed by atoms with van der Waals surface area (Å²) in [6, 6.07) is 7.82. The van der Waals surface area contributed by atoms with Crippen LogP contribution < -0.4 is 0 Å². The summed E-state index contributed by atoms with van der Waals surface area (Å²) in [5.74, 6) is 0.00976. The lowest BCUT2D eigenvalue weighted by molar-refractivity contribution is 0.0939. The van der Waals surface area contributed by atoms with Gasteiger partial charge in [0.1, 0.15) is 0 Å². The quantitative estimate of drug-likeness (QED) is 0.863. The van der Waals surface area contributed by atoms with Crippen molar-refractivity contribution in [2.24, 2.45) is 0 Å². The summed E-state index contributed by atoms with van der Waals surface area (Å²) in [5.41, 5.74) is 2.92. The van der Waals surface area contributed by atoms with Gasteiger partial charge in [-0.3, -0.25) is 9.36 Å². The van der Waals surface area contributed by atoms with E-state index in [0.717, 1.165) is 22.2 Å². The number of benzene rings is 1. The third-order valence-corrected chi connectivity index (χ3v) is 3.06. The van der Waals surface area contributed by atoms with Crippen molar-refractivity contribution in [1.29, 1.82) is 0 Å². The van der Waals surface area contributed by atoms with Crippen molar-refractivity contribution >= 4 is 16.8 Å². The Morgan fingerprint density at radius 1 is 1.41 bits per heavy atom. The second-order valence-corrected chi connectivity index (χ2v) is 4.49. The maximum absolute atomic E-state index is 11.7. The van der Waals surface area contributed by atoms with Crippen LogP contribution >= 0.6 is 0 Å². The summed E-state index contributed by atoms with van der Waals surface area (Å²) in [7, 11) is 0. The maximum Gasteiger partial charge on any atom is 0.228 e. The van der Waals surface area contributed by atoms with Gasteiger partial charge in [-0.2, -0.15) is 0 Å². The Labute approximate surface area is 101 Å². The van der Waals surface area contributed by atoms with E-state index in [-0.39, 0.29) is 5.91 Å². The number of para-hydroxylation sites is 1. The summed E-state index contributed by atoms with van der Waals surface area (Å²) >= 11 is 0. The third kappa shape index (κ3) is 1.98. The topological polar surface area (TPSA) is 42.2 Å². The molecule has 0 fully saturated rings. The summed E-state index contributed by atoms with van der Waals surface area (Å²) < 4.78 is 1.72. The highest BCUT2D eigenvalue weighted by molar-refractivity contribution is 5.95. The Bertz CT molecular complexity index is 567. The van der Waals surface area contributed by atoms with E-state index in [9.17, 15) is 9.90 Å². The highest BCUT2D eigenvalue weighted by atomic mass is 16.3. The molecule has 1 N–H and O–H groups in total. The predicted molar refractivity (Wildman–Crippen MR) is 68.4 cm³/mol. The number of carbonyl (C=O) groups excluding carboxylic acids is 1. The normalized spacial score (nSPS) is 12.9. The number of nitrogens with zero attached hydrogens (tertiary/aromatic N) is 1. The summed E-state index contributed by atoms with van der Waals surface area (Å²) in [6.07, 6.45) is 0.173. The lowest BCUT2D eigenvalue weighted by Crippen LogP contribution is -2.09. The van der Waals surface area contributed by atoms with Crippen molar-refractivity contribution in [2.75, 3.05) is 0 Å². The van der Waals surface area contributed by atoms with Crippen LogP contribution in [0.3, 0.4) is 0 Å². The van der Waals surface area contributed by atoms with Gasteiger partial charge in [-0.05, 0) is 25.5 Å². The zero-order valence-corrected chi connectivity index (χ0v) is 10.4. The second kappa shape index (κ2) is 4.34. The fraction of sp³-hybridized carbons (Fsp3) is 0.357. The fourth-order valence-corrected chi connectivity index (χ4v) is 2.39. The molecule has 2 rings (SSSR count). The van der Waals surface area contributed by atoms with Gasteiger partial charge >= 0.3 is 0 Å². The molecular formula is C14H17NO2. The predicted octanol–water partition coefficient (Wildman–Crippen LogP) is 2.53. The zero-order valence-electron chi connectivity index (χ0n) is 10.4. The van der Waals surface area contributed by atoms with Crippen molar-refractivity contribution in [3.05, 3.63) is 35.5 Å². The molecule has 2 aromatic rings. The van der Waals surface area contributed by atoms with Gasteiger partial charge < -0.3 is 5.11 Å². The number of aliphatic hydroxyl groups excluding tert-OH is 1. The number of aromatic nitrogens is 1. The number of aliphatic hydroxyl groups is 1. The van der Waals surface area contributed by atoms with Crippen LogP contribution in [-0.4, -0.2) is 21.7 Å². The third-order valence-electron chi connectivity index (χ3n) is 3.06. The minimum Gasteiger partial charge on any atom is -0.393 e. The molecule has 0 spiro atoms. The van der Waals surface area contributed by atoms with Gasteiger partial charge in [0.15, 0.2) is 0 Å². The number of carbonyl (C=O) groups is 1. The second-order valence-electron chi connectivity index (χ2n) is 4.49. The van der Waals surface area contributed by atoms with Crippen LogP contribution in [0.25, 0.3) is 10.9 Å². The number of hydrogen-bond donors (Lipinski definition) is 1. The molecule has 0 aliphatic heterocycles. The van der Waals surface area contributed by atoms with E-state index in [2.05, 4.69) is 0 Å². The molecule has 0 aliphatic carbocycles. The molecule has 3 nitrogen and oxygen atoms in total. The van der Waals surface area contributed by atoms with Gasteiger partial charge in [-0.1, -0.05) is 18.2 Å². The first-order valence-electron chi connectivity index (χ1n) is 5.80. The molecule has 0 amide bonds. The van der Waals surface area contributed by atoms with Gasteiger partial charge in [0, 0.05) is 24.4 Å². The zero-order chi connectivity index (χ0) is 12.6. The standard InChI is InChI=1S/C14H17NO2/c1-9(16)8-13-10(2)15(11(3)17)14-7-5-4-6-12(13)14/h4-7,9,16H,8H2,1-3H3. The molecule has 0 aliphatic rings. The first-order chi connectivity index (χ1) is 8.02.